The minimum atomic E-state index is -1.08. The predicted octanol–water partition coefficient (Wildman–Crippen LogP) is 1.55. The van der Waals surface area contributed by atoms with Gasteiger partial charge in [-0.2, -0.15) is 0 Å². The number of alkyl carbamates (subject to hydrolysis) is 1. The summed E-state index contributed by atoms with van der Waals surface area (Å²) in [7, 11) is 0. The monoisotopic (exact) mass is 315 g/mol. The summed E-state index contributed by atoms with van der Waals surface area (Å²) in [6.07, 6.45) is 0.548. The molecule has 2 rings (SSSR count). The van der Waals surface area contributed by atoms with E-state index < -0.39 is 28.6 Å². The van der Waals surface area contributed by atoms with Gasteiger partial charge in [-0.05, 0) is 40.0 Å². The summed E-state index contributed by atoms with van der Waals surface area (Å²) in [5.74, 6) is -0.919. The summed E-state index contributed by atoms with van der Waals surface area (Å²) < 4.78 is 16.1. The Hall–Kier alpha value is -1.34. The molecule has 0 radical (unpaired) electrons. The molecule has 0 aliphatic carbocycles. The number of hydrogen-bond acceptors (Lipinski definition) is 5. The average molecular weight is 315 g/mol. The molecule has 126 valence electrons. The lowest BCUT2D eigenvalue weighted by molar-refractivity contribution is -0.163. The normalized spacial score (nSPS) is 28.1. The van der Waals surface area contributed by atoms with Crippen molar-refractivity contribution < 1.29 is 28.9 Å². The number of ether oxygens (including phenoxy) is 3. The van der Waals surface area contributed by atoms with Crippen molar-refractivity contribution in [1.82, 2.24) is 5.32 Å². The number of aliphatic carboxylic acids is 1. The van der Waals surface area contributed by atoms with Crippen LogP contribution in [0, 0.1) is 5.41 Å². The van der Waals surface area contributed by atoms with Gasteiger partial charge in [0.05, 0.1) is 17.6 Å². The Bertz CT molecular complexity index is 430. The van der Waals surface area contributed by atoms with Crippen LogP contribution in [0.4, 0.5) is 4.79 Å². The van der Waals surface area contributed by atoms with Crippen LogP contribution in [0.1, 0.15) is 40.0 Å². The molecule has 2 fully saturated rings. The largest absolute Gasteiger partial charge is 0.481 e. The summed E-state index contributed by atoms with van der Waals surface area (Å²) in [5.41, 5.74) is -2.68. The van der Waals surface area contributed by atoms with Crippen molar-refractivity contribution in [2.75, 3.05) is 26.4 Å². The fourth-order valence-corrected chi connectivity index (χ4v) is 3.28. The summed E-state index contributed by atoms with van der Waals surface area (Å²) in [6, 6.07) is 0. The molecule has 1 atom stereocenters. The molecule has 2 N–H and O–H groups in total. The second-order valence-corrected chi connectivity index (χ2v) is 7.01. The molecule has 7 heteroatoms. The second kappa shape index (κ2) is 6.04. The van der Waals surface area contributed by atoms with Crippen molar-refractivity contribution in [2.45, 2.75) is 51.2 Å². The van der Waals surface area contributed by atoms with Gasteiger partial charge >= 0.3 is 12.1 Å². The van der Waals surface area contributed by atoms with E-state index in [0.29, 0.717) is 39.1 Å². The molecule has 7 nitrogen and oxygen atoms in total. The van der Waals surface area contributed by atoms with Crippen molar-refractivity contribution in [1.29, 1.82) is 0 Å². The van der Waals surface area contributed by atoms with E-state index in [0.717, 1.165) is 0 Å². The molecule has 0 aromatic rings. The van der Waals surface area contributed by atoms with Gasteiger partial charge in [0.1, 0.15) is 5.60 Å². The van der Waals surface area contributed by atoms with Crippen molar-refractivity contribution in [3.63, 3.8) is 0 Å². The average Bonchev–Trinajstić information content (AvgIpc) is 2.87. The number of carboxylic acid groups (broad SMARTS) is 1. The fourth-order valence-electron chi connectivity index (χ4n) is 3.28. The summed E-state index contributed by atoms with van der Waals surface area (Å²) in [6.45, 7) is 6.64. The topological polar surface area (TPSA) is 94.1 Å². The molecule has 2 saturated heterocycles. The molecule has 22 heavy (non-hydrogen) atoms. The first-order valence-electron chi connectivity index (χ1n) is 7.61. The lowest BCUT2D eigenvalue weighted by Crippen LogP contribution is -2.65. The lowest BCUT2D eigenvalue weighted by atomic mass is 9.64. The summed E-state index contributed by atoms with van der Waals surface area (Å²) in [5, 5.41) is 12.7. The molecule has 0 aromatic heterocycles. The Morgan fingerprint density at radius 2 is 1.68 bits per heavy atom. The van der Waals surface area contributed by atoms with Gasteiger partial charge in [-0.15, -0.1) is 0 Å². The van der Waals surface area contributed by atoms with Crippen LogP contribution in [-0.2, 0) is 19.0 Å². The fraction of sp³-hybridized carbons (Fsp3) is 0.867. The molecular formula is C15H25NO6. The minimum Gasteiger partial charge on any atom is -0.481 e. The highest BCUT2D eigenvalue weighted by Gasteiger charge is 2.60. The zero-order valence-corrected chi connectivity index (χ0v) is 13.4. The first-order chi connectivity index (χ1) is 10.2. The Labute approximate surface area is 130 Å². The number of carboxylic acids is 1. The molecule has 2 aliphatic heterocycles. The van der Waals surface area contributed by atoms with Gasteiger partial charge in [-0.1, -0.05) is 0 Å². The Kier molecular flexibility index (Phi) is 4.67. The molecular weight excluding hydrogens is 290 g/mol. The van der Waals surface area contributed by atoms with E-state index >= 15 is 0 Å². The van der Waals surface area contributed by atoms with Crippen LogP contribution in [0.15, 0.2) is 0 Å². The van der Waals surface area contributed by atoms with E-state index in [4.69, 9.17) is 14.2 Å². The minimum absolute atomic E-state index is 0.179. The smallest absolute Gasteiger partial charge is 0.408 e. The maximum Gasteiger partial charge on any atom is 0.408 e. The van der Waals surface area contributed by atoms with E-state index in [1.165, 1.54) is 0 Å². The molecule has 0 spiro atoms. The highest BCUT2D eigenvalue weighted by molar-refractivity contribution is 5.79. The molecule has 1 amide bonds. The van der Waals surface area contributed by atoms with Crippen molar-refractivity contribution in [3.05, 3.63) is 0 Å². The maximum absolute atomic E-state index is 12.2. The van der Waals surface area contributed by atoms with Crippen LogP contribution in [0.2, 0.25) is 0 Å². The van der Waals surface area contributed by atoms with Crippen LogP contribution < -0.4 is 5.32 Å². The highest BCUT2D eigenvalue weighted by Crippen LogP contribution is 2.46. The maximum atomic E-state index is 12.2. The molecule has 2 aliphatic rings. The SMILES string of the molecule is CC(C)(C)OC(=O)NC1(C2(C(=O)O)CCOCC2)CCOC1. The molecule has 0 bridgehead atoms. The van der Waals surface area contributed by atoms with E-state index in [1.807, 2.05) is 0 Å². The third-order valence-electron chi connectivity index (χ3n) is 4.43. The standard InChI is InChI=1S/C15H25NO6/c1-13(2,3)22-12(19)16-15(6-9-21-10-15)14(11(17)18)4-7-20-8-5-14/h4-10H2,1-3H3,(H,16,19)(H,17,18). The number of hydrogen-bond donors (Lipinski definition) is 2. The Morgan fingerprint density at radius 1 is 1.09 bits per heavy atom. The van der Waals surface area contributed by atoms with Gasteiger partial charge in [0.2, 0.25) is 0 Å². The van der Waals surface area contributed by atoms with Gasteiger partial charge < -0.3 is 24.6 Å². The molecule has 0 saturated carbocycles. The van der Waals surface area contributed by atoms with Crippen LogP contribution in [0.3, 0.4) is 0 Å². The number of carbonyl (C=O) groups excluding carboxylic acids is 1. The van der Waals surface area contributed by atoms with Crippen molar-refractivity contribution >= 4 is 12.1 Å². The highest BCUT2D eigenvalue weighted by atomic mass is 16.6. The Balaban J connectivity index is 2.26. The van der Waals surface area contributed by atoms with Crippen LogP contribution in [-0.4, -0.2) is 54.7 Å². The third-order valence-corrected chi connectivity index (χ3v) is 4.43. The van der Waals surface area contributed by atoms with Gasteiger partial charge in [0, 0.05) is 19.8 Å². The van der Waals surface area contributed by atoms with Gasteiger partial charge in [0.15, 0.2) is 0 Å². The van der Waals surface area contributed by atoms with Gasteiger partial charge in [-0.25, -0.2) is 4.79 Å². The summed E-state index contributed by atoms with van der Waals surface area (Å²) >= 11 is 0. The zero-order valence-electron chi connectivity index (χ0n) is 13.4. The number of nitrogens with one attached hydrogen (secondary N) is 1. The van der Waals surface area contributed by atoms with Crippen LogP contribution in [0.25, 0.3) is 0 Å². The molecule has 1 unspecified atom stereocenters. The third kappa shape index (κ3) is 3.20. The van der Waals surface area contributed by atoms with E-state index in [-0.39, 0.29) is 6.61 Å². The quantitative estimate of drug-likeness (QED) is 0.820. The van der Waals surface area contributed by atoms with E-state index in [9.17, 15) is 14.7 Å². The van der Waals surface area contributed by atoms with E-state index in [2.05, 4.69) is 5.32 Å². The van der Waals surface area contributed by atoms with E-state index in [1.54, 1.807) is 20.8 Å². The van der Waals surface area contributed by atoms with Gasteiger partial charge in [-0.3, -0.25) is 4.79 Å². The van der Waals surface area contributed by atoms with Crippen molar-refractivity contribution in [2.24, 2.45) is 5.41 Å². The first-order valence-corrected chi connectivity index (χ1v) is 7.61. The first kappa shape index (κ1) is 17.0. The van der Waals surface area contributed by atoms with Crippen LogP contribution >= 0.6 is 0 Å². The zero-order chi connectivity index (χ0) is 16.4. The Morgan fingerprint density at radius 3 is 2.14 bits per heavy atom. The van der Waals surface area contributed by atoms with Crippen molar-refractivity contribution in [3.8, 4) is 0 Å². The summed E-state index contributed by atoms with van der Waals surface area (Å²) in [4.78, 5) is 24.2. The second-order valence-electron chi connectivity index (χ2n) is 7.01. The van der Waals surface area contributed by atoms with Gasteiger partial charge in [0.25, 0.3) is 0 Å². The molecule has 0 aromatic carbocycles. The van der Waals surface area contributed by atoms with Crippen LogP contribution in [0.5, 0.6) is 0 Å². The number of amides is 1. The predicted molar refractivity (Wildman–Crippen MR) is 77.7 cm³/mol. The number of rotatable bonds is 3. The molecule has 2 heterocycles. The lowest BCUT2D eigenvalue weighted by Gasteiger charge is -2.47. The number of carbonyl (C=O) groups is 2.